The van der Waals surface area contributed by atoms with Crippen molar-refractivity contribution in [3.63, 3.8) is 0 Å². The van der Waals surface area contributed by atoms with Gasteiger partial charge in [0.1, 0.15) is 5.75 Å². The second-order valence-corrected chi connectivity index (χ2v) is 6.58. The molecule has 7 heteroatoms. The molecule has 2 aromatic carbocycles. The van der Waals surface area contributed by atoms with Crippen LogP contribution in [0.25, 0.3) is 0 Å². The van der Waals surface area contributed by atoms with Crippen LogP contribution in [0.3, 0.4) is 0 Å². The molecule has 0 saturated carbocycles. The first-order valence-corrected chi connectivity index (χ1v) is 8.22. The van der Waals surface area contributed by atoms with Crippen LogP contribution in [-0.2, 0) is 4.79 Å². The van der Waals surface area contributed by atoms with Crippen molar-refractivity contribution in [3.05, 3.63) is 46.4 Å². The maximum atomic E-state index is 12.3. The third kappa shape index (κ3) is 3.11. The highest BCUT2D eigenvalue weighted by Crippen LogP contribution is 2.35. The number of benzene rings is 2. The number of thioether (sulfide) groups is 1. The van der Waals surface area contributed by atoms with Crippen LogP contribution in [-0.4, -0.2) is 17.8 Å². The molecule has 0 radical (unpaired) electrons. The van der Waals surface area contributed by atoms with Gasteiger partial charge in [0.15, 0.2) is 6.10 Å². The first-order chi connectivity index (χ1) is 10.5. The van der Waals surface area contributed by atoms with Crippen molar-refractivity contribution in [2.24, 2.45) is 0 Å². The predicted molar refractivity (Wildman–Crippen MR) is 91.1 cm³/mol. The number of carbonyl (C=O) groups excluding carboxylic acids is 1. The van der Waals surface area contributed by atoms with Gasteiger partial charge < -0.3 is 15.8 Å². The average Bonchev–Trinajstić information content (AvgIpc) is 2.52. The number of anilines is 2. The van der Waals surface area contributed by atoms with Gasteiger partial charge in [-0.3, -0.25) is 4.79 Å². The van der Waals surface area contributed by atoms with Gasteiger partial charge in [0, 0.05) is 16.3 Å². The van der Waals surface area contributed by atoms with E-state index in [0.29, 0.717) is 32.9 Å². The lowest BCUT2D eigenvalue weighted by Crippen LogP contribution is -2.36. The molecule has 0 fully saturated rings. The number of ether oxygens (including phenoxy) is 1. The standard InChI is InChI=1S/C15H12Cl2N2O2S/c16-9-5-8(6-10(17)14(9)18)19-15(20)12-7-22-13-4-2-1-3-11(13)21-12/h1-6,12H,7,18H2,(H,19,20)/t12-/m0/s1. The molecule has 1 atom stereocenters. The van der Waals surface area contributed by atoms with Crippen molar-refractivity contribution in [3.8, 4) is 5.75 Å². The van der Waals surface area contributed by atoms with Gasteiger partial charge in [-0.2, -0.15) is 0 Å². The summed E-state index contributed by atoms with van der Waals surface area (Å²) in [7, 11) is 0. The Hall–Kier alpha value is -1.56. The minimum Gasteiger partial charge on any atom is -0.479 e. The normalized spacial score (nSPS) is 16.5. The Labute approximate surface area is 141 Å². The fraction of sp³-hybridized carbons (Fsp3) is 0.133. The lowest BCUT2D eigenvalue weighted by atomic mass is 10.2. The minimum absolute atomic E-state index is 0.251. The highest BCUT2D eigenvalue weighted by Gasteiger charge is 2.26. The monoisotopic (exact) mass is 354 g/mol. The molecular weight excluding hydrogens is 343 g/mol. The zero-order valence-corrected chi connectivity index (χ0v) is 13.6. The van der Waals surface area contributed by atoms with Crippen molar-refractivity contribution >= 4 is 52.2 Å². The summed E-state index contributed by atoms with van der Waals surface area (Å²) in [4.78, 5) is 13.4. The summed E-state index contributed by atoms with van der Waals surface area (Å²) in [5.74, 6) is 1.01. The molecule has 0 aromatic heterocycles. The summed E-state index contributed by atoms with van der Waals surface area (Å²) in [5.41, 5.74) is 6.45. The molecule has 3 N–H and O–H groups in total. The SMILES string of the molecule is Nc1c(Cl)cc(NC(=O)[C@@H]2CSc3ccccc3O2)cc1Cl. The number of hydrogen-bond acceptors (Lipinski definition) is 4. The number of nitrogen functional groups attached to an aromatic ring is 1. The quantitative estimate of drug-likeness (QED) is 0.798. The summed E-state index contributed by atoms with van der Waals surface area (Å²) >= 11 is 13.5. The number of nitrogens with two attached hydrogens (primary N) is 1. The van der Waals surface area contributed by atoms with Crippen LogP contribution in [0.1, 0.15) is 0 Å². The van der Waals surface area contributed by atoms with Crippen molar-refractivity contribution in [2.75, 3.05) is 16.8 Å². The zero-order chi connectivity index (χ0) is 15.7. The number of amides is 1. The highest BCUT2D eigenvalue weighted by atomic mass is 35.5. The fourth-order valence-electron chi connectivity index (χ4n) is 2.03. The third-order valence-corrected chi connectivity index (χ3v) is 4.89. The Kier molecular flexibility index (Phi) is 4.38. The molecule has 1 aliphatic heterocycles. The van der Waals surface area contributed by atoms with Gasteiger partial charge >= 0.3 is 0 Å². The number of para-hydroxylation sites is 1. The second-order valence-electron chi connectivity index (χ2n) is 4.71. The van der Waals surface area contributed by atoms with Crippen LogP contribution in [0.2, 0.25) is 10.0 Å². The van der Waals surface area contributed by atoms with E-state index in [1.54, 1.807) is 23.9 Å². The largest absolute Gasteiger partial charge is 0.479 e. The number of nitrogens with one attached hydrogen (secondary N) is 1. The summed E-state index contributed by atoms with van der Waals surface area (Å²) in [6.07, 6.45) is -0.574. The Balaban J connectivity index is 1.73. The van der Waals surface area contributed by atoms with Crippen molar-refractivity contribution in [1.29, 1.82) is 0 Å². The van der Waals surface area contributed by atoms with Crippen LogP contribution in [0.5, 0.6) is 5.75 Å². The number of halogens is 2. The minimum atomic E-state index is -0.574. The predicted octanol–water partition coefficient (Wildman–Crippen LogP) is 4.07. The average molecular weight is 355 g/mol. The molecule has 0 spiro atoms. The van der Waals surface area contributed by atoms with Gasteiger partial charge in [-0.15, -0.1) is 11.8 Å². The molecular formula is C15H12Cl2N2O2S. The molecule has 4 nitrogen and oxygen atoms in total. The van der Waals surface area contributed by atoms with E-state index >= 15 is 0 Å². The van der Waals surface area contributed by atoms with Gasteiger partial charge in [0.05, 0.1) is 15.7 Å². The van der Waals surface area contributed by atoms with E-state index in [2.05, 4.69) is 5.32 Å². The Bertz CT molecular complexity index is 716. The molecule has 2 aromatic rings. The van der Waals surface area contributed by atoms with Gasteiger partial charge in [-0.05, 0) is 24.3 Å². The maximum absolute atomic E-state index is 12.3. The molecule has 1 amide bonds. The van der Waals surface area contributed by atoms with E-state index in [9.17, 15) is 4.79 Å². The van der Waals surface area contributed by atoms with E-state index in [1.807, 2.05) is 24.3 Å². The molecule has 22 heavy (non-hydrogen) atoms. The van der Waals surface area contributed by atoms with Crippen LogP contribution >= 0.6 is 35.0 Å². The molecule has 1 aliphatic rings. The molecule has 0 saturated heterocycles. The lowest BCUT2D eigenvalue weighted by molar-refractivity contribution is -0.122. The van der Waals surface area contributed by atoms with E-state index in [0.717, 1.165) is 4.90 Å². The summed E-state index contributed by atoms with van der Waals surface area (Å²) in [6, 6.07) is 10.7. The highest BCUT2D eigenvalue weighted by molar-refractivity contribution is 7.99. The van der Waals surface area contributed by atoms with Crippen LogP contribution < -0.4 is 15.8 Å². The molecule has 0 bridgehead atoms. The van der Waals surface area contributed by atoms with Crippen LogP contribution in [0.15, 0.2) is 41.3 Å². The van der Waals surface area contributed by atoms with E-state index in [4.69, 9.17) is 33.7 Å². The second kappa shape index (κ2) is 6.28. The molecule has 1 heterocycles. The van der Waals surface area contributed by atoms with Crippen LogP contribution in [0, 0.1) is 0 Å². The number of carbonyl (C=O) groups is 1. The fourth-order valence-corrected chi connectivity index (χ4v) is 3.50. The first kappa shape index (κ1) is 15.3. The Morgan fingerprint density at radius 1 is 1.27 bits per heavy atom. The summed E-state index contributed by atoms with van der Waals surface area (Å²) in [6.45, 7) is 0. The van der Waals surface area contributed by atoms with Gasteiger partial charge in [0.2, 0.25) is 0 Å². The van der Waals surface area contributed by atoms with Crippen molar-refractivity contribution in [2.45, 2.75) is 11.0 Å². The molecule has 0 aliphatic carbocycles. The molecule has 114 valence electrons. The lowest BCUT2D eigenvalue weighted by Gasteiger charge is -2.24. The third-order valence-electron chi connectivity index (χ3n) is 3.15. The number of rotatable bonds is 2. The Morgan fingerprint density at radius 3 is 2.68 bits per heavy atom. The van der Waals surface area contributed by atoms with Crippen molar-refractivity contribution in [1.82, 2.24) is 0 Å². The summed E-state index contributed by atoms with van der Waals surface area (Å²) < 4.78 is 5.73. The summed E-state index contributed by atoms with van der Waals surface area (Å²) in [5, 5.41) is 3.35. The van der Waals surface area contributed by atoms with Crippen molar-refractivity contribution < 1.29 is 9.53 Å². The van der Waals surface area contributed by atoms with Gasteiger partial charge in [0.25, 0.3) is 5.91 Å². The van der Waals surface area contributed by atoms with Crippen LogP contribution in [0.4, 0.5) is 11.4 Å². The number of hydrogen-bond donors (Lipinski definition) is 2. The zero-order valence-electron chi connectivity index (χ0n) is 11.3. The topological polar surface area (TPSA) is 64.3 Å². The van der Waals surface area contributed by atoms with E-state index in [-0.39, 0.29) is 5.91 Å². The first-order valence-electron chi connectivity index (χ1n) is 6.48. The number of fused-ring (bicyclic) bond motifs is 1. The van der Waals surface area contributed by atoms with Gasteiger partial charge in [-0.25, -0.2) is 0 Å². The molecule has 0 unspecified atom stereocenters. The van der Waals surface area contributed by atoms with E-state index < -0.39 is 6.10 Å². The maximum Gasteiger partial charge on any atom is 0.266 e. The van der Waals surface area contributed by atoms with Gasteiger partial charge in [-0.1, -0.05) is 35.3 Å². The smallest absolute Gasteiger partial charge is 0.266 e. The van der Waals surface area contributed by atoms with E-state index in [1.165, 1.54) is 0 Å². The molecule has 3 rings (SSSR count). The Morgan fingerprint density at radius 2 is 1.95 bits per heavy atom.